The number of methoxy groups -OCH3 is 1. The van der Waals surface area contributed by atoms with Crippen LogP contribution in [0.5, 0.6) is 5.75 Å². The highest BCUT2D eigenvalue weighted by Gasteiger charge is 2.06. The second kappa shape index (κ2) is 7.01. The Labute approximate surface area is 107 Å². The lowest BCUT2D eigenvalue weighted by atomic mass is 10.3. The van der Waals surface area contributed by atoms with E-state index in [1.54, 1.807) is 12.9 Å². The van der Waals surface area contributed by atoms with E-state index < -0.39 is 7.27 Å². The summed E-state index contributed by atoms with van der Waals surface area (Å²) in [5.74, 6) is 2.53. The summed E-state index contributed by atoms with van der Waals surface area (Å²) >= 11 is 12.0. The highest BCUT2D eigenvalue weighted by Crippen LogP contribution is 2.43. The van der Waals surface area contributed by atoms with E-state index in [-0.39, 0.29) is 0 Å². The van der Waals surface area contributed by atoms with Gasteiger partial charge in [0.1, 0.15) is 5.75 Å². The van der Waals surface area contributed by atoms with Crippen molar-refractivity contribution in [1.29, 1.82) is 0 Å². The minimum Gasteiger partial charge on any atom is -0.497 e. The van der Waals surface area contributed by atoms with Crippen molar-refractivity contribution in [2.75, 3.05) is 13.7 Å². The van der Waals surface area contributed by atoms with Crippen LogP contribution in [-0.4, -0.2) is 13.7 Å². The summed E-state index contributed by atoms with van der Waals surface area (Å²) in [4.78, 5) is 0. The number of rotatable bonds is 5. The molecule has 0 aliphatic rings. The van der Waals surface area contributed by atoms with Crippen LogP contribution < -0.4 is 10.0 Å². The van der Waals surface area contributed by atoms with Crippen molar-refractivity contribution in [2.24, 2.45) is 0 Å². The summed E-state index contributed by atoms with van der Waals surface area (Å²) in [7, 11) is 0.683. The van der Waals surface area contributed by atoms with Gasteiger partial charge in [-0.25, -0.2) is 0 Å². The van der Waals surface area contributed by atoms with Gasteiger partial charge in [-0.15, -0.1) is 0 Å². The number of hydrogen-bond acceptors (Lipinski definition) is 2. The lowest BCUT2D eigenvalue weighted by molar-refractivity contribution is 0.256. The molecule has 0 N–H and O–H groups in total. The predicted molar refractivity (Wildman–Crippen MR) is 71.0 cm³/mol. The normalized spacial score (nSPS) is 13.4. The second-order valence-corrected chi connectivity index (χ2v) is 5.74. The quantitative estimate of drug-likeness (QED) is 0.598. The molecule has 0 spiro atoms. The first-order valence-electron chi connectivity index (χ1n) is 4.76. The van der Waals surface area contributed by atoms with Crippen molar-refractivity contribution in [2.45, 2.75) is 6.92 Å². The van der Waals surface area contributed by atoms with Crippen LogP contribution >= 0.6 is 30.1 Å². The first-order chi connectivity index (χ1) is 7.67. The molecule has 0 amide bonds. The maximum absolute atomic E-state index is 6.22. The molecule has 0 bridgehead atoms. The molecule has 0 fully saturated rings. The largest absolute Gasteiger partial charge is 0.497 e. The zero-order valence-electron chi connectivity index (χ0n) is 9.11. The molecular formula is C11H13Cl2O2P. The summed E-state index contributed by atoms with van der Waals surface area (Å²) in [5, 5.41) is 1.36. The number of ether oxygens (including phenoxy) is 2. The molecule has 1 aromatic carbocycles. The van der Waals surface area contributed by atoms with E-state index in [4.69, 9.17) is 32.3 Å². The summed E-state index contributed by atoms with van der Waals surface area (Å²) in [6, 6.07) is 7.58. The van der Waals surface area contributed by atoms with Crippen molar-refractivity contribution < 1.29 is 9.47 Å². The van der Waals surface area contributed by atoms with E-state index in [0.717, 1.165) is 11.1 Å². The smallest absolute Gasteiger partial charge is 0.188 e. The molecule has 16 heavy (non-hydrogen) atoms. The van der Waals surface area contributed by atoms with Crippen molar-refractivity contribution >= 4 is 35.4 Å². The Bertz CT molecular complexity index is 352. The summed E-state index contributed by atoms with van der Waals surface area (Å²) in [6.07, 6.45) is 0. The Morgan fingerprint density at radius 2 is 2.00 bits per heavy atom. The Kier molecular flexibility index (Phi) is 5.97. The fourth-order valence-corrected chi connectivity index (χ4v) is 3.05. The van der Waals surface area contributed by atoms with Crippen LogP contribution in [0.2, 0.25) is 0 Å². The van der Waals surface area contributed by atoms with Gasteiger partial charge in [-0.1, -0.05) is 11.2 Å². The third-order valence-corrected chi connectivity index (χ3v) is 4.32. The van der Waals surface area contributed by atoms with Crippen LogP contribution in [0.3, 0.4) is 0 Å². The minimum absolute atomic E-state index is 0.347. The molecule has 0 saturated carbocycles. The summed E-state index contributed by atoms with van der Waals surface area (Å²) < 4.78 is 10.2. The lowest BCUT2D eigenvalue weighted by Gasteiger charge is -2.07. The molecule has 0 aliphatic heterocycles. The van der Waals surface area contributed by atoms with E-state index in [2.05, 4.69) is 0 Å². The van der Waals surface area contributed by atoms with E-state index >= 15 is 0 Å². The number of benzene rings is 1. The second-order valence-electron chi connectivity index (χ2n) is 2.88. The molecule has 0 saturated heterocycles. The first kappa shape index (κ1) is 13.6. The average Bonchev–Trinajstić information content (AvgIpc) is 2.29. The highest BCUT2D eigenvalue weighted by atomic mass is 35.7. The molecule has 1 unspecified atom stereocenters. The van der Waals surface area contributed by atoms with Gasteiger partial charge >= 0.3 is 0 Å². The Balaban J connectivity index is 2.72. The van der Waals surface area contributed by atoms with Gasteiger partial charge in [-0.2, -0.15) is 0 Å². The molecule has 1 rings (SSSR count). The van der Waals surface area contributed by atoms with Crippen molar-refractivity contribution in [1.82, 2.24) is 0 Å². The molecule has 5 heteroatoms. The molecular weight excluding hydrogens is 266 g/mol. The Hall–Kier alpha value is -0.430. The van der Waals surface area contributed by atoms with Gasteiger partial charge in [-0.05, 0) is 48.1 Å². The molecule has 0 radical (unpaired) electrons. The van der Waals surface area contributed by atoms with Crippen molar-refractivity contribution in [3.63, 3.8) is 0 Å². The van der Waals surface area contributed by atoms with Gasteiger partial charge in [-0.3, -0.25) is 0 Å². The topological polar surface area (TPSA) is 18.5 Å². The minimum atomic E-state index is -0.946. The maximum Gasteiger partial charge on any atom is 0.188 e. The van der Waals surface area contributed by atoms with E-state index in [9.17, 15) is 0 Å². The van der Waals surface area contributed by atoms with Crippen LogP contribution in [0.1, 0.15) is 6.92 Å². The fraction of sp³-hybridized carbons (Fsp3) is 0.273. The lowest BCUT2D eigenvalue weighted by Crippen LogP contribution is -1.96. The van der Waals surface area contributed by atoms with Crippen molar-refractivity contribution in [3.8, 4) is 5.75 Å². The average molecular weight is 279 g/mol. The van der Waals surface area contributed by atoms with Gasteiger partial charge in [0.2, 0.25) is 0 Å². The van der Waals surface area contributed by atoms with Crippen LogP contribution in [0, 0.1) is 0 Å². The van der Waals surface area contributed by atoms with Crippen LogP contribution in [-0.2, 0) is 4.74 Å². The van der Waals surface area contributed by atoms with Gasteiger partial charge in [0.05, 0.1) is 13.7 Å². The summed E-state index contributed by atoms with van der Waals surface area (Å²) in [6.45, 7) is 2.41. The van der Waals surface area contributed by atoms with Gasteiger partial charge < -0.3 is 9.47 Å². The third kappa shape index (κ3) is 4.21. The number of halogens is 2. The first-order valence-corrected chi connectivity index (χ1v) is 7.46. The van der Waals surface area contributed by atoms with Crippen LogP contribution in [0.25, 0.3) is 0 Å². The Morgan fingerprint density at radius 1 is 1.38 bits per heavy atom. The van der Waals surface area contributed by atoms with E-state index in [1.807, 2.05) is 31.2 Å². The third-order valence-electron chi connectivity index (χ3n) is 1.82. The molecule has 88 valence electrons. The fourth-order valence-electron chi connectivity index (χ4n) is 1.06. The molecule has 0 aliphatic carbocycles. The Morgan fingerprint density at radius 3 is 2.50 bits per heavy atom. The molecule has 1 atom stereocenters. The molecule has 0 heterocycles. The van der Waals surface area contributed by atoms with Gasteiger partial charge in [0.15, 0.2) is 5.22 Å². The summed E-state index contributed by atoms with van der Waals surface area (Å²) in [5.41, 5.74) is 0. The van der Waals surface area contributed by atoms with Gasteiger partial charge in [0.25, 0.3) is 0 Å². The van der Waals surface area contributed by atoms with E-state index in [0.29, 0.717) is 11.8 Å². The zero-order valence-corrected chi connectivity index (χ0v) is 11.5. The van der Waals surface area contributed by atoms with Gasteiger partial charge in [0, 0.05) is 13.1 Å². The zero-order chi connectivity index (χ0) is 12.0. The highest BCUT2D eigenvalue weighted by molar-refractivity contribution is 7.92. The van der Waals surface area contributed by atoms with E-state index in [1.165, 1.54) is 0 Å². The SMILES string of the molecule is CCO/C(Cl)=C\P(Cl)c1ccc(OC)cc1. The standard InChI is InChI=1S/C11H13Cl2O2P/c1-3-15-11(12)8-16(13)10-6-4-9(14-2)5-7-10/h4-8H,3H2,1-2H3/b11-8-. The molecule has 2 nitrogen and oxygen atoms in total. The van der Waals surface area contributed by atoms with Crippen molar-refractivity contribution in [3.05, 3.63) is 35.3 Å². The maximum atomic E-state index is 6.22. The molecule has 0 aromatic heterocycles. The predicted octanol–water partition coefficient (Wildman–Crippen LogP) is 4.03. The molecule has 1 aromatic rings. The number of hydrogen-bond donors (Lipinski definition) is 0. The van der Waals surface area contributed by atoms with Crippen LogP contribution in [0.15, 0.2) is 35.3 Å². The van der Waals surface area contributed by atoms with Crippen LogP contribution in [0.4, 0.5) is 0 Å². The monoisotopic (exact) mass is 278 g/mol.